The molecular formula is C14H28N4O. The fourth-order valence-corrected chi connectivity index (χ4v) is 2.82. The quantitative estimate of drug-likeness (QED) is 0.752. The molecule has 0 unspecified atom stereocenters. The van der Waals surface area contributed by atoms with Crippen LogP contribution in [0.3, 0.4) is 0 Å². The molecule has 0 spiro atoms. The molecule has 2 rings (SSSR count). The molecule has 110 valence electrons. The molecule has 5 nitrogen and oxygen atoms in total. The lowest BCUT2D eigenvalue weighted by Crippen LogP contribution is -2.42. The van der Waals surface area contributed by atoms with Crippen molar-refractivity contribution < 1.29 is 4.79 Å². The van der Waals surface area contributed by atoms with Crippen molar-refractivity contribution in [3.63, 3.8) is 0 Å². The summed E-state index contributed by atoms with van der Waals surface area (Å²) in [7, 11) is 2.06. The smallest absolute Gasteiger partial charge is 0.236 e. The average Bonchev–Trinajstić information content (AvgIpc) is 2.76. The third-order valence-electron chi connectivity index (χ3n) is 4.09. The average molecular weight is 268 g/mol. The number of carbonyl (C=O) groups excluding carboxylic acids is 1. The van der Waals surface area contributed by atoms with E-state index in [2.05, 4.69) is 22.2 Å². The Morgan fingerprint density at radius 1 is 1.11 bits per heavy atom. The number of rotatable bonds is 5. The summed E-state index contributed by atoms with van der Waals surface area (Å²) >= 11 is 0. The predicted molar refractivity (Wildman–Crippen MR) is 77.2 cm³/mol. The number of carbonyl (C=O) groups is 1. The van der Waals surface area contributed by atoms with Gasteiger partial charge in [0.2, 0.25) is 5.91 Å². The molecule has 5 heteroatoms. The number of likely N-dealkylation sites (N-methyl/N-ethyl adjacent to an activating group) is 1. The molecular weight excluding hydrogens is 240 g/mol. The van der Waals surface area contributed by atoms with E-state index in [1.54, 1.807) is 0 Å². The monoisotopic (exact) mass is 268 g/mol. The summed E-state index contributed by atoms with van der Waals surface area (Å²) in [6, 6.07) is 0. The maximum Gasteiger partial charge on any atom is 0.236 e. The van der Waals surface area contributed by atoms with Crippen LogP contribution in [0.15, 0.2) is 0 Å². The highest BCUT2D eigenvalue weighted by Gasteiger charge is 2.17. The van der Waals surface area contributed by atoms with Crippen LogP contribution in [-0.2, 0) is 4.79 Å². The predicted octanol–water partition coefficient (Wildman–Crippen LogP) is -0.164. The summed E-state index contributed by atoms with van der Waals surface area (Å²) in [6.45, 7) is 8.87. The van der Waals surface area contributed by atoms with E-state index in [4.69, 9.17) is 0 Å². The molecule has 2 saturated heterocycles. The molecule has 0 aliphatic carbocycles. The SMILES string of the molecule is CN(CCN1CCCC1)CC(=O)N1CCCNCC1. The van der Waals surface area contributed by atoms with Gasteiger partial charge in [-0.25, -0.2) is 0 Å². The Hall–Kier alpha value is -0.650. The van der Waals surface area contributed by atoms with Gasteiger partial charge in [0, 0.05) is 32.7 Å². The lowest BCUT2D eigenvalue weighted by molar-refractivity contribution is -0.131. The molecule has 0 atom stereocenters. The van der Waals surface area contributed by atoms with E-state index in [0.717, 1.165) is 45.7 Å². The summed E-state index contributed by atoms with van der Waals surface area (Å²) in [5, 5.41) is 3.33. The minimum absolute atomic E-state index is 0.285. The van der Waals surface area contributed by atoms with Gasteiger partial charge in [-0.15, -0.1) is 0 Å². The second-order valence-corrected chi connectivity index (χ2v) is 5.77. The van der Waals surface area contributed by atoms with Gasteiger partial charge in [-0.2, -0.15) is 0 Å². The molecule has 0 aromatic carbocycles. The van der Waals surface area contributed by atoms with E-state index in [0.29, 0.717) is 6.54 Å². The molecule has 0 saturated carbocycles. The second-order valence-electron chi connectivity index (χ2n) is 5.77. The van der Waals surface area contributed by atoms with Crippen LogP contribution >= 0.6 is 0 Å². The largest absolute Gasteiger partial charge is 0.340 e. The highest BCUT2D eigenvalue weighted by atomic mass is 16.2. The Morgan fingerprint density at radius 3 is 2.68 bits per heavy atom. The first-order valence-corrected chi connectivity index (χ1v) is 7.65. The normalized spacial score (nSPS) is 21.9. The minimum Gasteiger partial charge on any atom is -0.340 e. The van der Waals surface area contributed by atoms with Gasteiger partial charge in [0.05, 0.1) is 6.54 Å². The summed E-state index contributed by atoms with van der Waals surface area (Å²) < 4.78 is 0. The molecule has 0 radical (unpaired) electrons. The summed E-state index contributed by atoms with van der Waals surface area (Å²) in [6.07, 6.45) is 3.75. The van der Waals surface area contributed by atoms with Gasteiger partial charge in [0.1, 0.15) is 0 Å². The first-order chi connectivity index (χ1) is 9.25. The highest BCUT2D eigenvalue weighted by Crippen LogP contribution is 2.06. The summed E-state index contributed by atoms with van der Waals surface area (Å²) in [5.41, 5.74) is 0. The van der Waals surface area contributed by atoms with Crippen LogP contribution in [-0.4, -0.2) is 86.6 Å². The van der Waals surface area contributed by atoms with Crippen LogP contribution in [0.2, 0.25) is 0 Å². The van der Waals surface area contributed by atoms with Crippen LogP contribution in [0, 0.1) is 0 Å². The van der Waals surface area contributed by atoms with Gasteiger partial charge < -0.3 is 15.1 Å². The van der Waals surface area contributed by atoms with Crippen molar-refractivity contribution in [2.24, 2.45) is 0 Å². The molecule has 1 N–H and O–H groups in total. The molecule has 2 aliphatic rings. The Balaban J connectivity index is 1.65. The van der Waals surface area contributed by atoms with E-state index in [-0.39, 0.29) is 5.91 Å². The molecule has 2 heterocycles. The Labute approximate surface area is 116 Å². The van der Waals surface area contributed by atoms with Crippen LogP contribution < -0.4 is 5.32 Å². The van der Waals surface area contributed by atoms with Crippen molar-refractivity contribution in [3.05, 3.63) is 0 Å². The summed E-state index contributed by atoms with van der Waals surface area (Å²) in [5.74, 6) is 0.285. The first kappa shape index (κ1) is 14.8. The van der Waals surface area contributed by atoms with Gasteiger partial charge >= 0.3 is 0 Å². The van der Waals surface area contributed by atoms with Crippen molar-refractivity contribution in [3.8, 4) is 0 Å². The number of hydrogen-bond donors (Lipinski definition) is 1. The van der Waals surface area contributed by atoms with Gasteiger partial charge in [-0.1, -0.05) is 0 Å². The van der Waals surface area contributed by atoms with Crippen molar-refractivity contribution in [1.82, 2.24) is 20.0 Å². The van der Waals surface area contributed by atoms with Gasteiger partial charge in [0.15, 0.2) is 0 Å². The Morgan fingerprint density at radius 2 is 1.89 bits per heavy atom. The zero-order chi connectivity index (χ0) is 13.5. The number of amides is 1. The molecule has 1 amide bonds. The van der Waals surface area contributed by atoms with Crippen molar-refractivity contribution >= 4 is 5.91 Å². The summed E-state index contributed by atoms with van der Waals surface area (Å²) in [4.78, 5) is 18.9. The van der Waals surface area contributed by atoms with Gasteiger partial charge in [-0.3, -0.25) is 9.69 Å². The molecule has 0 aromatic rings. The molecule has 2 fully saturated rings. The highest BCUT2D eigenvalue weighted by molar-refractivity contribution is 5.78. The van der Waals surface area contributed by atoms with Crippen molar-refractivity contribution in [1.29, 1.82) is 0 Å². The standard InChI is InChI=1S/C14H28N4O/c1-16(11-12-17-7-2-3-8-17)13-14(19)18-9-4-5-15-6-10-18/h15H,2-13H2,1H3. The zero-order valence-electron chi connectivity index (χ0n) is 12.2. The van der Waals surface area contributed by atoms with Crippen molar-refractivity contribution in [2.45, 2.75) is 19.3 Å². The van der Waals surface area contributed by atoms with Gasteiger partial charge in [-0.05, 0) is 45.9 Å². The van der Waals surface area contributed by atoms with E-state index in [1.165, 1.54) is 25.9 Å². The third kappa shape index (κ3) is 5.09. The fourth-order valence-electron chi connectivity index (χ4n) is 2.82. The Bertz CT molecular complexity index is 271. The van der Waals surface area contributed by atoms with Gasteiger partial charge in [0.25, 0.3) is 0 Å². The molecule has 0 aromatic heterocycles. The maximum atomic E-state index is 12.2. The third-order valence-corrected chi connectivity index (χ3v) is 4.09. The Kier molecular flexibility index (Phi) is 6.07. The number of nitrogens with zero attached hydrogens (tertiary/aromatic N) is 3. The number of nitrogens with one attached hydrogen (secondary N) is 1. The minimum atomic E-state index is 0.285. The van der Waals surface area contributed by atoms with Crippen molar-refractivity contribution in [2.75, 3.05) is 66.0 Å². The van der Waals surface area contributed by atoms with Crippen LogP contribution in [0.4, 0.5) is 0 Å². The van der Waals surface area contributed by atoms with E-state index < -0.39 is 0 Å². The van der Waals surface area contributed by atoms with E-state index >= 15 is 0 Å². The molecule has 2 aliphatic heterocycles. The maximum absolute atomic E-state index is 12.2. The number of hydrogen-bond acceptors (Lipinski definition) is 4. The second kappa shape index (κ2) is 7.82. The lowest BCUT2D eigenvalue weighted by atomic mass is 10.3. The topological polar surface area (TPSA) is 38.8 Å². The zero-order valence-corrected chi connectivity index (χ0v) is 12.2. The first-order valence-electron chi connectivity index (χ1n) is 7.65. The van der Waals surface area contributed by atoms with Crippen LogP contribution in [0.25, 0.3) is 0 Å². The van der Waals surface area contributed by atoms with E-state index in [1.807, 2.05) is 4.90 Å². The lowest BCUT2D eigenvalue weighted by Gasteiger charge is -2.25. The number of likely N-dealkylation sites (tertiary alicyclic amines) is 1. The van der Waals surface area contributed by atoms with Crippen LogP contribution in [0.5, 0.6) is 0 Å². The van der Waals surface area contributed by atoms with Crippen LogP contribution in [0.1, 0.15) is 19.3 Å². The molecule has 19 heavy (non-hydrogen) atoms. The fraction of sp³-hybridized carbons (Fsp3) is 0.929. The molecule has 0 bridgehead atoms. The van der Waals surface area contributed by atoms with E-state index in [9.17, 15) is 4.79 Å².